The van der Waals surface area contributed by atoms with E-state index in [0.29, 0.717) is 12.4 Å². The van der Waals surface area contributed by atoms with Crippen molar-refractivity contribution in [1.29, 1.82) is 0 Å². The topological polar surface area (TPSA) is 48.4 Å². The monoisotopic (exact) mass is 367 g/mol. The molecule has 0 aliphatic carbocycles. The van der Waals surface area contributed by atoms with Gasteiger partial charge in [-0.25, -0.2) is 4.98 Å². The Hall–Kier alpha value is -2.57. The van der Waals surface area contributed by atoms with Gasteiger partial charge in [0.15, 0.2) is 0 Å². The molecule has 140 valence electrons. The molecule has 0 saturated carbocycles. The molecule has 0 fully saturated rings. The molecule has 7 heteroatoms. The Morgan fingerprint density at radius 2 is 1.85 bits per heavy atom. The van der Waals surface area contributed by atoms with Crippen molar-refractivity contribution in [3.8, 4) is 11.6 Å². The summed E-state index contributed by atoms with van der Waals surface area (Å²) in [4.78, 5) is 14.5. The lowest BCUT2D eigenvalue weighted by atomic mass is 10.0. The quantitative estimate of drug-likeness (QED) is 0.645. The van der Waals surface area contributed by atoms with Crippen LogP contribution in [0.1, 0.15) is 31.4 Å². The van der Waals surface area contributed by atoms with Gasteiger partial charge in [-0.1, -0.05) is 19.1 Å². The number of esters is 1. The highest BCUT2D eigenvalue weighted by atomic mass is 19.4. The summed E-state index contributed by atoms with van der Waals surface area (Å²) < 4.78 is 47.9. The zero-order valence-corrected chi connectivity index (χ0v) is 14.5. The second kappa shape index (κ2) is 8.69. The molecule has 0 bridgehead atoms. The van der Waals surface area contributed by atoms with Crippen LogP contribution in [0.5, 0.6) is 11.6 Å². The van der Waals surface area contributed by atoms with Crippen LogP contribution in [-0.2, 0) is 22.1 Å². The smallest absolute Gasteiger partial charge is 0.417 e. The number of benzene rings is 1. The van der Waals surface area contributed by atoms with E-state index in [1.54, 1.807) is 12.1 Å². The number of aromatic nitrogens is 1. The first-order chi connectivity index (χ1) is 12.2. The number of ether oxygens (including phenoxy) is 2. The second-order valence-electron chi connectivity index (χ2n) is 6.08. The van der Waals surface area contributed by atoms with Gasteiger partial charge in [0.05, 0.1) is 12.2 Å². The van der Waals surface area contributed by atoms with Crippen LogP contribution in [0.2, 0.25) is 0 Å². The van der Waals surface area contributed by atoms with Gasteiger partial charge in [-0.3, -0.25) is 4.79 Å². The molecule has 0 radical (unpaired) electrons. The number of aryl methyl sites for hydroxylation is 1. The van der Waals surface area contributed by atoms with Gasteiger partial charge in [0.25, 0.3) is 0 Å². The molecule has 0 spiro atoms. The molecule has 4 nitrogen and oxygen atoms in total. The zero-order chi connectivity index (χ0) is 19.2. The van der Waals surface area contributed by atoms with Crippen molar-refractivity contribution in [3.05, 3.63) is 53.7 Å². The van der Waals surface area contributed by atoms with Crippen LogP contribution in [-0.4, -0.2) is 17.6 Å². The van der Waals surface area contributed by atoms with Gasteiger partial charge in [-0.2, -0.15) is 13.2 Å². The number of carbonyl (C=O) groups is 1. The Labute approximate surface area is 150 Å². The number of hydrogen-bond donors (Lipinski definition) is 0. The van der Waals surface area contributed by atoms with Crippen molar-refractivity contribution in [2.45, 2.75) is 32.9 Å². The van der Waals surface area contributed by atoms with Gasteiger partial charge in [0, 0.05) is 19.2 Å². The molecule has 1 aromatic carbocycles. The van der Waals surface area contributed by atoms with Gasteiger partial charge in [0.1, 0.15) is 5.75 Å². The van der Waals surface area contributed by atoms with Crippen LogP contribution >= 0.6 is 0 Å². The Morgan fingerprint density at radius 1 is 1.15 bits per heavy atom. The maximum Gasteiger partial charge on any atom is 0.417 e. The third kappa shape index (κ3) is 6.38. The normalized spacial score (nSPS) is 12.5. The number of halogens is 3. The van der Waals surface area contributed by atoms with E-state index in [1.165, 1.54) is 13.0 Å². The summed E-state index contributed by atoms with van der Waals surface area (Å²) in [7, 11) is 0. The van der Waals surface area contributed by atoms with E-state index in [4.69, 9.17) is 9.47 Å². The molecule has 1 heterocycles. The number of nitrogens with zero attached hydrogens (tertiary/aromatic N) is 1. The van der Waals surface area contributed by atoms with Gasteiger partial charge in [-0.05, 0) is 42.5 Å². The number of alkyl halides is 3. The van der Waals surface area contributed by atoms with Crippen molar-refractivity contribution in [2.75, 3.05) is 6.61 Å². The summed E-state index contributed by atoms with van der Waals surface area (Å²) in [5, 5.41) is 0. The van der Waals surface area contributed by atoms with Crippen molar-refractivity contribution >= 4 is 5.97 Å². The number of hydrogen-bond acceptors (Lipinski definition) is 4. The fraction of sp³-hybridized carbons (Fsp3) is 0.368. The Bertz CT molecular complexity index is 712. The maximum absolute atomic E-state index is 12.5. The van der Waals surface area contributed by atoms with Gasteiger partial charge >= 0.3 is 12.1 Å². The first-order valence-electron chi connectivity index (χ1n) is 8.17. The molecule has 2 aromatic rings. The Balaban J connectivity index is 1.86. The van der Waals surface area contributed by atoms with Gasteiger partial charge < -0.3 is 9.47 Å². The van der Waals surface area contributed by atoms with Gasteiger partial charge in [0.2, 0.25) is 5.88 Å². The third-order valence-electron chi connectivity index (χ3n) is 3.71. The number of carbonyl (C=O) groups excluding carboxylic acids is 1. The third-order valence-corrected chi connectivity index (χ3v) is 3.71. The lowest BCUT2D eigenvalue weighted by molar-refractivity contribution is -0.142. The molecule has 0 N–H and O–H groups in total. The predicted octanol–water partition coefficient (Wildman–Crippen LogP) is 5.02. The molecule has 26 heavy (non-hydrogen) atoms. The summed E-state index contributed by atoms with van der Waals surface area (Å²) in [5.74, 6) is 0.566. The highest BCUT2D eigenvalue weighted by molar-refractivity contribution is 5.65. The van der Waals surface area contributed by atoms with E-state index >= 15 is 0 Å². The minimum atomic E-state index is -4.42. The minimum Gasteiger partial charge on any atom is -0.466 e. The minimum absolute atomic E-state index is 0.0979. The fourth-order valence-corrected chi connectivity index (χ4v) is 2.21. The largest absolute Gasteiger partial charge is 0.466 e. The highest BCUT2D eigenvalue weighted by Gasteiger charge is 2.30. The van der Waals surface area contributed by atoms with E-state index in [9.17, 15) is 18.0 Å². The van der Waals surface area contributed by atoms with Crippen molar-refractivity contribution in [3.63, 3.8) is 0 Å². The average Bonchev–Trinajstić information content (AvgIpc) is 2.59. The summed E-state index contributed by atoms with van der Waals surface area (Å²) >= 11 is 0. The summed E-state index contributed by atoms with van der Waals surface area (Å²) in [6.45, 7) is 3.80. The van der Waals surface area contributed by atoms with Crippen LogP contribution in [0, 0.1) is 5.92 Å². The number of pyridine rings is 1. The zero-order valence-electron chi connectivity index (χ0n) is 14.5. The van der Waals surface area contributed by atoms with E-state index in [2.05, 4.69) is 4.98 Å². The second-order valence-corrected chi connectivity index (χ2v) is 6.08. The molecular formula is C19H20F3NO3. The number of rotatable bonds is 7. The first kappa shape index (κ1) is 19.8. The molecule has 1 atom stereocenters. The first-order valence-corrected chi connectivity index (χ1v) is 8.17. The van der Waals surface area contributed by atoms with Crippen LogP contribution in [0.4, 0.5) is 13.2 Å². The maximum atomic E-state index is 12.5. The molecule has 0 aliphatic heterocycles. The van der Waals surface area contributed by atoms with Crippen molar-refractivity contribution in [2.24, 2.45) is 5.92 Å². The van der Waals surface area contributed by atoms with Crippen LogP contribution < -0.4 is 4.74 Å². The van der Waals surface area contributed by atoms with Crippen LogP contribution in [0.25, 0.3) is 0 Å². The lowest BCUT2D eigenvalue weighted by Crippen LogP contribution is -2.10. The molecule has 0 saturated heterocycles. The Morgan fingerprint density at radius 3 is 2.38 bits per heavy atom. The average molecular weight is 367 g/mol. The molecule has 1 unspecified atom stereocenters. The van der Waals surface area contributed by atoms with E-state index in [-0.39, 0.29) is 17.8 Å². The predicted molar refractivity (Wildman–Crippen MR) is 89.9 cm³/mol. The Kier molecular flexibility index (Phi) is 6.60. The highest BCUT2D eigenvalue weighted by Crippen LogP contribution is 2.30. The van der Waals surface area contributed by atoms with E-state index < -0.39 is 11.7 Å². The lowest BCUT2D eigenvalue weighted by Gasteiger charge is -2.11. The standard InChI is InChI=1S/C19H20F3NO3/c1-13(12-25-14(2)24)3-4-15-5-8-17(9-6-15)26-18-10-7-16(11-23-18)19(20,21)22/h5-11,13H,3-4,12H2,1-2H3. The van der Waals surface area contributed by atoms with Gasteiger partial charge in [-0.15, -0.1) is 0 Å². The molecule has 1 aromatic heterocycles. The molecule has 0 amide bonds. The molecular weight excluding hydrogens is 347 g/mol. The summed E-state index contributed by atoms with van der Waals surface area (Å²) in [5.41, 5.74) is 0.274. The van der Waals surface area contributed by atoms with Crippen molar-refractivity contribution < 1.29 is 27.4 Å². The van der Waals surface area contributed by atoms with E-state index in [0.717, 1.165) is 30.7 Å². The fourth-order valence-electron chi connectivity index (χ4n) is 2.21. The SMILES string of the molecule is CC(=O)OCC(C)CCc1ccc(Oc2ccc(C(F)(F)F)cn2)cc1. The van der Waals surface area contributed by atoms with Crippen LogP contribution in [0.15, 0.2) is 42.6 Å². The van der Waals surface area contributed by atoms with Crippen molar-refractivity contribution in [1.82, 2.24) is 4.98 Å². The molecule has 0 aliphatic rings. The summed E-state index contributed by atoms with van der Waals surface area (Å²) in [6.07, 6.45) is -1.98. The summed E-state index contributed by atoms with van der Waals surface area (Å²) in [6, 6.07) is 9.38. The van der Waals surface area contributed by atoms with Crippen LogP contribution in [0.3, 0.4) is 0 Å². The molecule has 2 rings (SSSR count). The van der Waals surface area contributed by atoms with E-state index in [1.807, 2.05) is 19.1 Å².